The first-order chi connectivity index (χ1) is 14.0. The highest BCUT2D eigenvalue weighted by Crippen LogP contribution is 2.32. The van der Waals surface area contributed by atoms with Crippen LogP contribution in [0.5, 0.6) is 5.75 Å². The highest BCUT2D eigenvalue weighted by molar-refractivity contribution is 9.13. The van der Waals surface area contributed by atoms with E-state index < -0.39 is 65.5 Å². The number of esters is 2. The van der Waals surface area contributed by atoms with Crippen LogP contribution >= 0.6 is 47.8 Å². The van der Waals surface area contributed by atoms with E-state index >= 15 is 0 Å². The Hall–Kier alpha value is -1.99. The van der Waals surface area contributed by atoms with E-state index in [9.17, 15) is 31.9 Å². The number of carboxylic acids is 1. The number of ether oxygens (including phenoxy) is 2. The van der Waals surface area contributed by atoms with Crippen molar-refractivity contribution in [3.05, 3.63) is 59.9 Å². The first kappa shape index (κ1) is 24.3. The van der Waals surface area contributed by atoms with Gasteiger partial charge in [0.15, 0.2) is 11.6 Å². The van der Waals surface area contributed by atoms with Gasteiger partial charge in [0.1, 0.15) is 12.2 Å². The third kappa shape index (κ3) is 5.19. The molecule has 0 atom stereocenters. The van der Waals surface area contributed by atoms with Crippen LogP contribution in [0, 0.1) is 23.3 Å². The number of benzene rings is 2. The second-order valence-electron chi connectivity index (χ2n) is 5.37. The van der Waals surface area contributed by atoms with Crippen molar-refractivity contribution in [2.75, 3.05) is 6.61 Å². The average molecular weight is 623 g/mol. The average Bonchev–Trinajstić information content (AvgIpc) is 2.66. The van der Waals surface area contributed by atoms with Gasteiger partial charge in [0, 0.05) is 13.4 Å². The highest BCUT2D eigenvalue weighted by atomic mass is 79.9. The molecule has 0 aromatic heterocycles. The van der Waals surface area contributed by atoms with Crippen molar-refractivity contribution in [2.24, 2.45) is 0 Å². The topological polar surface area (TPSA) is 89.9 Å². The largest absolute Gasteiger partial charge is 0.477 e. The molecule has 0 heterocycles. The summed E-state index contributed by atoms with van der Waals surface area (Å²) >= 11 is 9.56. The molecule has 2 aromatic rings. The molecule has 160 valence electrons. The van der Waals surface area contributed by atoms with Crippen molar-refractivity contribution in [3.8, 4) is 5.75 Å². The molecule has 0 fully saturated rings. The van der Waals surface area contributed by atoms with Gasteiger partial charge in [-0.05, 0) is 44.0 Å². The summed E-state index contributed by atoms with van der Waals surface area (Å²) in [5, 5.41) is 8.61. The zero-order valence-electron chi connectivity index (χ0n) is 14.2. The Morgan fingerprint density at radius 3 is 2.03 bits per heavy atom. The number of aromatic carboxylic acids is 1. The van der Waals surface area contributed by atoms with Gasteiger partial charge >= 0.3 is 17.9 Å². The minimum Gasteiger partial charge on any atom is -0.477 e. The number of carbonyl (C=O) groups excluding carboxylic acids is 2. The van der Waals surface area contributed by atoms with Crippen LogP contribution in [0.25, 0.3) is 0 Å². The Morgan fingerprint density at radius 2 is 1.50 bits per heavy atom. The fraction of sp³-hybridized carbons (Fsp3) is 0.118. The summed E-state index contributed by atoms with van der Waals surface area (Å²) < 4.78 is 65.4. The summed E-state index contributed by atoms with van der Waals surface area (Å²) in [6.45, 7) is -0.588. The lowest BCUT2D eigenvalue weighted by molar-refractivity contribution is -0.135. The Morgan fingerprint density at radius 1 is 0.933 bits per heavy atom. The summed E-state index contributed by atoms with van der Waals surface area (Å²) in [7, 11) is 0. The Balaban J connectivity index is 2.07. The number of carboxylic acid groups (broad SMARTS) is 1. The van der Waals surface area contributed by atoms with Gasteiger partial charge in [-0.3, -0.25) is 4.79 Å². The van der Waals surface area contributed by atoms with Crippen LogP contribution in [-0.4, -0.2) is 29.6 Å². The molecule has 0 aliphatic carbocycles. The van der Waals surface area contributed by atoms with Gasteiger partial charge in [0.25, 0.3) is 0 Å². The molecule has 0 aliphatic rings. The second-order valence-corrected chi connectivity index (χ2v) is 7.94. The highest BCUT2D eigenvalue weighted by Gasteiger charge is 2.31. The molecular formula is C17H7Br3F4O6. The van der Waals surface area contributed by atoms with Crippen molar-refractivity contribution in [1.29, 1.82) is 0 Å². The zero-order valence-corrected chi connectivity index (χ0v) is 19.0. The molecule has 30 heavy (non-hydrogen) atoms. The molecule has 0 radical (unpaired) electrons. The molecule has 0 bridgehead atoms. The Labute approximate surface area is 190 Å². The lowest BCUT2D eigenvalue weighted by atomic mass is 10.1. The molecular weight excluding hydrogens is 616 g/mol. The fourth-order valence-corrected chi connectivity index (χ4v) is 3.68. The van der Waals surface area contributed by atoms with Gasteiger partial charge in [-0.2, -0.15) is 8.78 Å². The maximum absolute atomic E-state index is 13.8. The van der Waals surface area contributed by atoms with E-state index in [4.69, 9.17) is 9.84 Å². The lowest BCUT2D eigenvalue weighted by Gasteiger charge is -2.11. The van der Waals surface area contributed by atoms with Crippen LogP contribution in [0.1, 0.15) is 27.1 Å². The third-order valence-electron chi connectivity index (χ3n) is 3.41. The summed E-state index contributed by atoms with van der Waals surface area (Å²) in [6, 6.07) is 3.07. The van der Waals surface area contributed by atoms with Crippen molar-refractivity contribution in [2.45, 2.75) is 6.42 Å². The second kappa shape index (κ2) is 9.88. The van der Waals surface area contributed by atoms with E-state index in [-0.39, 0.29) is 5.56 Å². The maximum atomic E-state index is 13.8. The molecule has 0 aliphatic heterocycles. The van der Waals surface area contributed by atoms with E-state index in [0.29, 0.717) is 13.4 Å². The molecule has 0 spiro atoms. The van der Waals surface area contributed by atoms with Crippen molar-refractivity contribution >= 4 is 65.7 Å². The van der Waals surface area contributed by atoms with Crippen LogP contribution in [-0.2, 0) is 9.53 Å². The van der Waals surface area contributed by atoms with Crippen LogP contribution in [0.15, 0.2) is 25.6 Å². The van der Waals surface area contributed by atoms with Crippen LogP contribution < -0.4 is 4.74 Å². The SMILES string of the molecule is O=C(CCOC(=O)c1cc(Br)cc(Br)c1Br)Oc1c(F)c(F)c(C(=O)O)c(F)c1F. The molecule has 0 unspecified atom stereocenters. The quantitative estimate of drug-likeness (QED) is 0.201. The van der Waals surface area contributed by atoms with Gasteiger partial charge in [-0.25, -0.2) is 18.4 Å². The third-order valence-corrected chi connectivity index (χ3v) is 5.87. The monoisotopic (exact) mass is 620 g/mol. The van der Waals surface area contributed by atoms with Crippen LogP contribution in [0.3, 0.4) is 0 Å². The van der Waals surface area contributed by atoms with Gasteiger partial charge in [-0.15, -0.1) is 0 Å². The Bertz CT molecular complexity index is 1030. The molecule has 1 N–H and O–H groups in total. The maximum Gasteiger partial charge on any atom is 0.341 e. The van der Waals surface area contributed by atoms with Crippen molar-refractivity contribution in [1.82, 2.24) is 0 Å². The molecule has 13 heteroatoms. The predicted molar refractivity (Wildman–Crippen MR) is 103 cm³/mol. The van der Waals surface area contributed by atoms with E-state index in [2.05, 4.69) is 52.5 Å². The summed E-state index contributed by atoms with van der Waals surface area (Å²) in [5.41, 5.74) is -1.78. The number of carbonyl (C=O) groups is 3. The van der Waals surface area contributed by atoms with Gasteiger partial charge < -0.3 is 14.6 Å². The number of halogens is 7. The van der Waals surface area contributed by atoms with E-state index in [1.807, 2.05) is 0 Å². The smallest absolute Gasteiger partial charge is 0.341 e. The molecule has 0 saturated carbocycles. The molecule has 2 rings (SSSR count). The van der Waals surface area contributed by atoms with E-state index in [1.165, 1.54) is 6.07 Å². The van der Waals surface area contributed by atoms with Crippen molar-refractivity contribution in [3.63, 3.8) is 0 Å². The predicted octanol–water partition coefficient (Wildman–Crippen LogP) is 5.38. The fourth-order valence-electron chi connectivity index (χ4n) is 2.06. The van der Waals surface area contributed by atoms with Gasteiger partial charge in [-0.1, -0.05) is 15.9 Å². The van der Waals surface area contributed by atoms with E-state index in [0.717, 1.165) is 0 Å². The van der Waals surface area contributed by atoms with Gasteiger partial charge in [0.2, 0.25) is 17.4 Å². The summed E-state index contributed by atoms with van der Waals surface area (Å²) in [6.07, 6.45) is -0.721. The summed E-state index contributed by atoms with van der Waals surface area (Å²) in [4.78, 5) is 34.5. The van der Waals surface area contributed by atoms with Crippen molar-refractivity contribution < 1.29 is 46.5 Å². The standard InChI is InChI=1S/C17H7Br3F4O6/c18-5-3-6(10(20)7(19)4-5)17(28)29-2-1-8(25)30-15-13(23)11(21)9(16(26)27)12(22)14(15)24/h3-4H,1-2H2,(H,26,27). The zero-order chi connectivity index (χ0) is 22.7. The summed E-state index contributed by atoms with van der Waals surface area (Å²) in [5.74, 6) is -15.1. The Kier molecular flexibility index (Phi) is 7.99. The van der Waals surface area contributed by atoms with Crippen LogP contribution in [0.2, 0.25) is 0 Å². The minimum absolute atomic E-state index is 0.0927. The van der Waals surface area contributed by atoms with E-state index in [1.54, 1.807) is 6.07 Å². The minimum atomic E-state index is -2.25. The normalized spacial score (nSPS) is 10.6. The molecule has 0 amide bonds. The van der Waals surface area contributed by atoms with Crippen LogP contribution in [0.4, 0.5) is 17.6 Å². The first-order valence-corrected chi connectivity index (χ1v) is 9.95. The number of hydrogen-bond acceptors (Lipinski definition) is 5. The number of hydrogen-bond donors (Lipinski definition) is 1. The first-order valence-electron chi connectivity index (χ1n) is 7.57. The lowest BCUT2D eigenvalue weighted by Crippen LogP contribution is -2.18. The number of rotatable bonds is 6. The molecule has 6 nitrogen and oxygen atoms in total. The molecule has 2 aromatic carbocycles. The van der Waals surface area contributed by atoms with Gasteiger partial charge in [0.05, 0.1) is 12.0 Å². The molecule has 0 saturated heterocycles.